The monoisotopic (exact) mass is 210 g/mol. The smallest absolute Gasteiger partial charge is 0.436 e. The molecule has 0 aromatic carbocycles. The largest absolute Gasteiger partial charge is 0.448 e. The van der Waals surface area contributed by atoms with Gasteiger partial charge < -0.3 is 10.5 Å². The number of rotatable bonds is 3. The molecule has 0 aliphatic rings. The molecule has 0 radical (unpaired) electrons. The number of hydrogen-bond acceptors (Lipinski definition) is 3. The van der Waals surface area contributed by atoms with Crippen molar-refractivity contribution in [2.45, 2.75) is 6.42 Å². The molecular weight excluding hydrogens is 200 g/mol. The fourth-order valence-corrected chi connectivity index (χ4v) is 0.657. The first-order valence-electron chi connectivity index (χ1n) is 3.31. The average Bonchev–Trinajstić information content (AvgIpc) is 2.05. The molecule has 0 spiro atoms. The standard InChI is InChI=1S/C6H11ClN2O2S/c1-12-5(8)9-6(10)11-4-2-3-7/h2-4H2,1H3,(H2,8,9,10). The van der Waals surface area contributed by atoms with Gasteiger partial charge in [0.05, 0.1) is 6.61 Å². The number of thioether (sulfide) groups is 1. The zero-order valence-corrected chi connectivity index (χ0v) is 8.32. The van der Waals surface area contributed by atoms with Gasteiger partial charge >= 0.3 is 6.09 Å². The van der Waals surface area contributed by atoms with E-state index >= 15 is 0 Å². The SMILES string of the molecule is CSC(N)=NC(=O)OCCCCl. The van der Waals surface area contributed by atoms with Gasteiger partial charge in [0.1, 0.15) is 0 Å². The fraction of sp³-hybridized carbons (Fsp3) is 0.667. The Morgan fingerprint density at radius 1 is 1.75 bits per heavy atom. The Bertz CT molecular complexity index is 175. The van der Waals surface area contributed by atoms with Crippen LogP contribution in [0.25, 0.3) is 0 Å². The van der Waals surface area contributed by atoms with Crippen LogP contribution in [0.15, 0.2) is 4.99 Å². The number of halogens is 1. The van der Waals surface area contributed by atoms with Gasteiger partial charge in [-0.1, -0.05) is 11.8 Å². The molecule has 0 heterocycles. The lowest BCUT2D eigenvalue weighted by atomic mass is 10.5. The highest BCUT2D eigenvalue weighted by atomic mass is 35.5. The quantitative estimate of drug-likeness (QED) is 0.331. The Balaban J connectivity index is 3.59. The number of amides is 1. The summed E-state index contributed by atoms with van der Waals surface area (Å²) in [6, 6.07) is 0. The molecule has 0 rings (SSSR count). The zero-order valence-electron chi connectivity index (χ0n) is 6.75. The minimum absolute atomic E-state index is 0.200. The molecule has 0 aliphatic carbocycles. The van der Waals surface area contributed by atoms with E-state index in [1.54, 1.807) is 6.26 Å². The van der Waals surface area contributed by atoms with Crippen LogP contribution in [0.4, 0.5) is 4.79 Å². The molecule has 0 saturated carbocycles. The van der Waals surface area contributed by atoms with Gasteiger partial charge in [0.2, 0.25) is 0 Å². The van der Waals surface area contributed by atoms with Crippen molar-refractivity contribution in [2.24, 2.45) is 10.7 Å². The highest BCUT2D eigenvalue weighted by molar-refractivity contribution is 8.13. The summed E-state index contributed by atoms with van der Waals surface area (Å²) in [6.07, 6.45) is 1.69. The van der Waals surface area contributed by atoms with Crippen molar-refractivity contribution in [1.82, 2.24) is 0 Å². The van der Waals surface area contributed by atoms with Crippen LogP contribution in [0, 0.1) is 0 Å². The molecule has 0 atom stereocenters. The van der Waals surface area contributed by atoms with E-state index in [2.05, 4.69) is 9.73 Å². The number of aliphatic imine (C=N–C) groups is 1. The summed E-state index contributed by atoms with van der Waals surface area (Å²) in [5.74, 6) is 0.467. The van der Waals surface area contributed by atoms with Crippen LogP contribution in [0.5, 0.6) is 0 Å². The highest BCUT2D eigenvalue weighted by Gasteiger charge is 1.99. The third-order valence-electron chi connectivity index (χ3n) is 0.914. The van der Waals surface area contributed by atoms with Crippen LogP contribution in [0.3, 0.4) is 0 Å². The van der Waals surface area contributed by atoms with Crippen molar-refractivity contribution < 1.29 is 9.53 Å². The van der Waals surface area contributed by atoms with Crippen molar-refractivity contribution in [3.8, 4) is 0 Å². The Kier molecular flexibility index (Phi) is 6.99. The molecule has 70 valence electrons. The third-order valence-corrected chi connectivity index (χ3v) is 1.69. The zero-order chi connectivity index (χ0) is 9.40. The summed E-state index contributed by atoms with van der Waals surface area (Å²) in [6.45, 7) is 0.285. The summed E-state index contributed by atoms with van der Waals surface area (Å²) in [5.41, 5.74) is 5.26. The van der Waals surface area contributed by atoms with Crippen molar-refractivity contribution in [2.75, 3.05) is 18.7 Å². The Hall–Kier alpha value is -0.420. The molecule has 0 saturated heterocycles. The topological polar surface area (TPSA) is 64.7 Å². The number of hydrogen-bond donors (Lipinski definition) is 1. The second-order valence-electron chi connectivity index (χ2n) is 1.81. The van der Waals surface area contributed by atoms with Crippen LogP contribution in [-0.4, -0.2) is 30.0 Å². The van der Waals surface area contributed by atoms with Crippen molar-refractivity contribution in [1.29, 1.82) is 0 Å². The molecule has 0 fully saturated rings. The lowest BCUT2D eigenvalue weighted by Gasteiger charge is -1.98. The average molecular weight is 211 g/mol. The molecule has 12 heavy (non-hydrogen) atoms. The van der Waals surface area contributed by atoms with Gasteiger partial charge in [-0.3, -0.25) is 0 Å². The molecule has 0 unspecified atom stereocenters. The summed E-state index contributed by atoms with van der Waals surface area (Å²) >= 11 is 6.56. The normalized spacial score (nSPS) is 11.3. The molecule has 1 amide bonds. The first kappa shape index (κ1) is 11.6. The van der Waals surface area contributed by atoms with Gasteiger partial charge in [-0.15, -0.1) is 11.6 Å². The molecule has 2 N–H and O–H groups in total. The van der Waals surface area contributed by atoms with Gasteiger partial charge in [0.15, 0.2) is 5.17 Å². The molecule has 0 aliphatic heterocycles. The Labute approximate surface area is 80.5 Å². The van der Waals surface area contributed by atoms with Crippen LogP contribution in [-0.2, 0) is 4.74 Å². The lowest BCUT2D eigenvalue weighted by Crippen LogP contribution is -2.10. The second kappa shape index (κ2) is 7.24. The first-order valence-corrected chi connectivity index (χ1v) is 5.07. The van der Waals surface area contributed by atoms with E-state index in [-0.39, 0.29) is 11.8 Å². The van der Waals surface area contributed by atoms with Crippen molar-refractivity contribution in [3.63, 3.8) is 0 Å². The molecule has 6 heteroatoms. The van der Waals surface area contributed by atoms with E-state index < -0.39 is 6.09 Å². The Morgan fingerprint density at radius 2 is 2.42 bits per heavy atom. The van der Waals surface area contributed by atoms with E-state index in [1.165, 1.54) is 11.8 Å². The molecule has 4 nitrogen and oxygen atoms in total. The minimum Gasteiger partial charge on any atom is -0.448 e. The van der Waals surface area contributed by atoms with Gasteiger partial charge in [-0.05, 0) is 12.7 Å². The first-order chi connectivity index (χ1) is 5.70. The van der Waals surface area contributed by atoms with E-state index in [4.69, 9.17) is 17.3 Å². The number of nitrogens with two attached hydrogens (primary N) is 1. The van der Waals surface area contributed by atoms with Crippen molar-refractivity contribution >= 4 is 34.6 Å². The van der Waals surface area contributed by atoms with Crippen LogP contribution < -0.4 is 5.73 Å². The fourth-order valence-electron chi connectivity index (χ4n) is 0.382. The Morgan fingerprint density at radius 3 is 2.92 bits per heavy atom. The van der Waals surface area contributed by atoms with Gasteiger partial charge in [0.25, 0.3) is 0 Å². The predicted octanol–water partition coefficient (Wildman–Crippen LogP) is 1.43. The molecule has 0 bridgehead atoms. The third kappa shape index (κ3) is 6.30. The maximum Gasteiger partial charge on any atom is 0.436 e. The number of amidine groups is 1. The van der Waals surface area contributed by atoms with Crippen LogP contribution >= 0.6 is 23.4 Å². The molecular formula is C6H11ClN2O2S. The number of alkyl halides is 1. The van der Waals surface area contributed by atoms with Crippen LogP contribution in [0.2, 0.25) is 0 Å². The summed E-state index contributed by atoms with van der Waals surface area (Å²) in [4.78, 5) is 14.2. The van der Waals surface area contributed by atoms with Crippen molar-refractivity contribution in [3.05, 3.63) is 0 Å². The summed E-state index contributed by atoms with van der Waals surface area (Å²) < 4.78 is 4.65. The number of carbonyl (C=O) groups is 1. The highest BCUT2D eigenvalue weighted by Crippen LogP contribution is 1.94. The molecule has 0 aromatic heterocycles. The lowest BCUT2D eigenvalue weighted by molar-refractivity contribution is 0.158. The van der Waals surface area contributed by atoms with Gasteiger partial charge in [0, 0.05) is 5.88 Å². The van der Waals surface area contributed by atoms with E-state index in [1.807, 2.05) is 0 Å². The number of nitrogens with zero attached hydrogens (tertiary/aromatic N) is 1. The van der Waals surface area contributed by atoms with Gasteiger partial charge in [-0.2, -0.15) is 4.99 Å². The summed E-state index contributed by atoms with van der Waals surface area (Å²) in [7, 11) is 0. The van der Waals surface area contributed by atoms with Crippen LogP contribution in [0.1, 0.15) is 6.42 Å². The maximum atomic E-state index is 10.7. The minimum atomic E-state index is -0.660. The predicted molar refractivity (Wildman–Crippen MR) is 51.8 cm³/mol. The maximum absolute atomic E-state index is 10.7. The van der Waals surface area contributed by atoms with E-state index in [0.29, 0.717) is 12.3 Å². The molecule has 0 aromatic rings. The second-order valence-corrected chi connectivity index (χ2v) is 3.02. The number of carbonyl (C=O) groups excluding carboxylic acids is 1. The van der Waals surface area contributed by atoms with E-state index in [0.717, 1.165) is 0 Å². The number of ether oxygens (including phenoxy) is 1. The van der Waals surface area contributed by atoms with E-state index in [9.17, 15) is 4.79 Å². The summed E-state index contributed by atoms with van der Waals surface area (Å²) in [5, 5.41) is 0.200. The van der Waals surface area contributed by atoms with Gasteiger partial charge in [-0.25, -0.2) is 4.79 Å².